The fourth-order valence-corrected chi connectivity index (χ4v) is 4.16. The summed E-state index contributed by atoms with van der Waals surface area (Å²) in [5.41, 5.74) is 9.82. The molecule has 4 aromatic rings. The summed E-state index contributed by atoms with van der Waals surface area (Å²) in [6.45, 7) is 0.365. The molecule has 0 amide bonds. The standard InChI is InChI=1S/C28H25NO4S/c1-31-25-13-9-22(28-4-3-15-34-28)16-21(25)7-12-24(30)20-8-14-26(27(17-20)32-2)33-18-19-5-10-23(29)11-6-19/h3-17H,18,29H2,1-2H3/b12-7+. The Morgan fingerprint density at radius 2 is 1.68 bits per heavy atom. The van der Waals surface area contributed by atoms with Crippen LogP contribution in [0.4, 0.5) is 5.69 Å². The second kappa shape index (κ2) is 10.7. The SMILES string of the molecule is COc1ccc(-c2cccs2)cc1/C=C/C(=O)c1ccc(OCc2ccc(N)cc2)c(OC)c1. The fourth-order valence-electron chi connectivity index (χ4n) is 3.44. The highest BCUT2D eigenvalue weighted by atomic mass is 32.1. The van der Waals surface area contributed by atoms with Gasteiger partial charge in [0.15, 0.2) is 17.3 Å². The number of methoxy groups -OCH3 is 2. The molecule has 1 heterocycles. The highest BCUT2D eigenvalue weighted by Crippen LogP contribution is 2.31. The van der Waals surface area contributed by atoms with Gasteiger partial charge in [-0.3, -0.25) is 4.79 Å². The minimum Gasteiger partial charge on any atom is -0.496 e. The van der Waals surface area contributed by atoms with Crippen LogP contribution in [0.1, 0.15) is 21.5 Å². The molecule has 0 spiro atoms. The summed E-state index contributed by atoms with van der Waals surface area (Å²) in [5, 5.41) is 2.04. The summed E-state index contributed by atoms with van der Waals surface area (Å²) < 4.78 is 16.8. The van der Waals surface area contributed by atoms with E-state index in [1.165, 1.54) is 0 Å². The van der Waals surface area contributed by atoms with Gasteiger partial charge in [0.2, 0.25) is 0 Å². The molecule has 34 heavy (non-hydrogen) atoms. The molecule has 1 aromatic heterocycles. The van der Waals surface area contributed by atoms with Gasteiger partial charge in [-0.1, -0.05) is 18.2 Å². The van der Waals surface area contributed by atoms with Gasteiger partial charge < -0.3 is 19.9 Å². The normalized spacial score (nSPS) is 10.9. The first-order valence-electron chi connectivity index (χ1n) is 10.7. The Bertz CT molecular complexity index is 1290. The Morgan fingerprint density at radius 1 is 0.912 bits per heavy atom. The number of nitrogens with two attached hydrogens (primary N) is 1. The van der Waals surface area contributed by atoms with Gasteiger partial charge in [0.05, 0.1) is 14.2 Å². The van der Waals surface area contributed by atoms with Gasteiger partial charge in [-0.15, -0.1) is 11.3 Å². The van der Waals surface area contributed by atoms with E-state index in [0.717, 1.165) is 21.6 Å². The van der Waals surface area contributed by atoms with Crippen molar-refractivity contribution in [1.82, 2.24) is 0 Å². The summed E-state index contributed by atoms with van der Waals surface area (Å²) >= 11 is 1.66. The van der Waals surface area contributed by atoms with Gasteiger partial charge in [0.1, 0.15) is 12.4 Å². The Morgan fingerprint density at radius 3 is 2.38 bits per heavy atom. The molecule has 0 fully saturated rings. The second-order valence-corrected chi connectivity index (χ2v) is 8.48. The molecule has 0 saturated heterocycles. The molecule has 172 valence electrons. The van der Waals surface area contributed by atoms with E-state index in [2.05, 4.69) is 6.07 Å². The van der Waals surface area contributed by atoms with Crippen LogP contribution in [0.15, 0.2) is 84.3 Å². The number of thiophene rings is 1. The first-order chi connectivity index (χ1) is 16.6. The average molecular weight is 472 g/mol. The third-order valence-corrected chi connectivity index (χ3v) is 6.19. The van der Waals surface area contributed by atoms with Crippen LogP contribution >= 0.6 is 11.3 Å². The summed E-state index contributed by atoms with van der Waals surface area (Å²) in [6.07, 6.45) is 3.32. The lowest BCUT2D eigenvalue weighted by molar-refractivity contribution is 0.104. The van der Waals surface area contributed by atoms with Crippen molar-refractivity contribution >= 4 is 28.9 Å². The van der Waals surface area contributed by atoms with E-state index in [1.54, 1.807) is 55.9 Å². The van der Waals surface area contributed by atoms with Crippen molar-refractivity contribution in [2.45, 2.75) is 6.61 Å². The van der Waals surface area contributed by atoms with Crippen LogP contribution < -0.4 is 19.9 Å². The van der Waals surface area contributed by atoms with Crippen LogP contribution in [0, 0.1) is 0 Å². The van der Waals surface area contributed by atoms with Crippen molar-refractivity contribution in [3.05, 3.63) is 101 Å². The van der Waals surface area contributed by atoms with E-state index in [0.29, 0.717) is 35.1 Å². The summed E-state index contributed by atoms with van der Waals surface area (Å²) in [6, 6.07) is 22.7. The highest BCUT2D eigenvalue weighted by molar-refractivity contribution is 7.13. The number of hydrogen-bond acceptors (Lipinski definition) is 6. The smallest absolute Gasteiger partial charge is 0.185 e. The highest BCUT2D eigenvalue weighted by Gasteiger charge is 2.11. The molecule has 0 aliphatic heterocycles. The molecule has 3 aromatic carbocycles. The largest absolute Gasteiger partial charge is 0.496 e. The molecule has 0 aliphatic rings. The molecule has 0 atom stereocenters. The molecule has 0 aliphatic carbocycles. The van der Waals surface area contributed by atoms with E-state index in [4.69, 9.17) is 19.9 Å². The Labute approximate surface area is 203 Å². The van der Waals surface area contributed by atoms with Gasteiger partial charge in [-0.2, -0.15) is 0 Å². The fraction of sp³-hybridized carbons (Fsp3) is 0.107. The first kappa shape index (κ1) is 23.1. The Hall–Kier alpha value is -4.03. The lowest BCUT2D eigenvalue weighted by Gasteiger charge is -2.12. The Balaban J connectivity index is 1.50. The van der Waals surface area contributed by atoms with E-state index in [-0.39, 0.29) is 5.78 Å². The number of carbonyl (C=O) groups is 1. The van der Waals surface area contributed by atoms with Gasteiger partial charge in [-0.25, -0.2) is 0 Å². The zero-order valence-electron chi connectivity index (χ0n) is 19.0. The summed E-state index contributed by atoms with van der Waals surface area (Å²) in [5.74, 6) is 1.61. The lowest BCUT2D eigenvalue weighted by atomic mass is 10.1. The molecule has 2 N–H and O–H groups in total. The minimum atomic E-state index is -0.146. The number of ketones is 1. The molecular formula is C28H25NO4S. The van der Waals surface area contributed by atoms with Gasteiger partial charge in [0.25, 0.3) is 0 Å². The second-order valence-electron chi connectivity index (χ2n) is 7.53. The summed E-state index contributed by atoms with van der Waals surface area (Å²) in [4.78, 5) is 14.0. The van der Waals surface area contributed by atoms with Crippen molar-refractivity contribution < 1.29 is 19.0 Å². The first-order valence-corrected chi connectivity index (χ1v) is 11.5. The number of ether oxygens (including phenoxy) is 3. The maximum Gasteiger partial charge on any atom is 0.185 e. The molecule has 0 radical (unpaired) electrons. The quantitative estimate of drug-likeness (QED) is 0.172. The molecule has 0 bridgehead atoms. The van der Waals surface area contributed by atoms with Crippen LogP contribution in [-0.2, 0) is 6.61 Å². The molecule has 0 unspecified atom stereocenters. The van der Waals surface area contributed by atoms with Crippen LogP contribution in [0.2, 0.25) is 0 Å². The number of carbonyl (C=O) groups excluding carboxylic acids is 1. The van der Waals surface area contributed by atoms with Crippen LogP contribution in [0.3, 0.4) is 0 Å². The van der Waals surface area contributed by atoms with Crippen molar-refractivity contribution in [1.29, 1.82) is 0 Å². The minimum absolute atomic E-state index is 0.146. The maximum absolute atomic E-state index is 12.9. The van der Waals surface area contributed by atoms with Crippen LogP contribution in [0.25, 0.3) is 16.5 Å². The van der Waals surface area contributed by atoms with Crippen LogP contribution in [-0.4, -0.2) is 20.0 Å². The topological polar surface area (TPSA) is 70.8 Å². The van der Waals surface area contributed by atoms with Gasteiger partial charge in [0, 0.05) is 21.7 Å². The predicted octanol–water partition coefficient (Wildman–Crippen LogP) is 6.49. The zero-order valence-corrected chi connectivity index (χ0v) is 19.8. The molecule has 6 heteroatoms. The third-order valence-electron chi connectivity index (χ3n) is 5.27. The number of benzene rings is 3. The zero-order chi connectivity index (χ0) is 23.9. The van der Waals surface area contributed by atoms with Gasteiger partial charge >= 0.3 is 0 Å². The lowest BCUT2D eigenvalue weighted by Crippen LogP contribution is -2.00. The molecule has 5 nitrogen and oxygen atoms in total. The molecular weight excluding hydrogens is 446 g/mol. The third kappa shape index (κ3) is 5.47. The predicted molar refractivity (Wildman–Crippen MR) is 138 cm³/mol. The average Bonchev–Trinajstić information content (AvgIpc) is 3.42. The monoisotopic (exact) mass is 471 g/mol. The Kier molecular flexibility index (Phi) is 7.30. The number of nitrogen functional groups attached to an aromatic ring is 1. The van der Waals surface area contributed by atoms with Crippen molar-refractivity contribution in [3.63, 3.8) is 0 Å². The maximum atomic E-state index is 12.9. The number of rotatable bonds is 9. The molecule has 4 rings (SSSR count). The van der Waals surface area contributed by atoms with E-state index in [9.17, 15) is 4.79 Å². The van der Waals surface area contributed by atoms with Gasteiger partial charge in [-0.05, 0) is 83.3 Å². The van der Waals surface area contributed by atoms with Crippen molar-refractivity contribution in [3.8, 4) is 27.7 Å². The van der Waals surface area contributed by atoms with Crippen LogP contribution in [0.5, 0.6) is 17.2 Å². The summed E-state index contributed by atoms with van der Waals surface area (Å²) in [7, 11) is 3.17. The number of hydrogen-bond donors (Lipinski definition) is 1. The van der Waals surface area contributed by atoms with Crippen molar-refractivity contribution in [2.75, 3.05) is 20.0 Å². The number of allylic oxidation sites excluding steroid dienone is 1. The molecule has 0 saturated carbocycles. The van der Waals surface area contributed by atoms with Crippen molar-refractivity contribution in [2.24, 2.45) is 0 Å². The van der Waals surface area contributed by atoms with E-state index in [1.807, 2.05) is 53.9 Å². The van der Waals surface area contributed by atoms with E-state index < -0.39 is 0 Å². The van der Waals surface area contributed by atoms with E-state index >= 15 is 0 Å². The number of anilines is 1.